The van der Waals surface area contributed by atoms with E-state index in [1.807, 2.05) is 0 Å². The summed E-state index contributed by atoms with van der Waals surface area (Å²) >= 11 is 0. The molecule has 0 saturated carbocycles. The lowest BCUT2D eigenvalue weighted by atomic mass is 9.95. The third-order valence-corrected chi connectivity index (χ3v) is 10.8. The van der Waals surface area contributed by atoms with Crippen LogP contribution in [0.4, 0.5) is 16.3 Å². The number of aromatic amines is 1. The molecule has 1 aromatic carbocycles. The van der Waals surface area contributed by atoms with Gasteiger partial charge in [-0.3, -0.25) is 38.6 Å². The molecule has 23 nitrogen and oxygen atoms in total. The van der Waals surface area contributed by atoms with Crippen LogP contribution in [0.3, 0.4) is 0 Å². The molecule has 3 aromatic rings. The summed E-state index contributed by atoms with van der Waals surface area (Å²) in [5.74, 6) is -3.06. The van der Waals surface area contributed by atoms with E-state index in [2.05, 4.69) is 46.5 Å². The Morgan fingerprint density at radius 1 is 0.968 bits per heavy atom. The van der Waals surface area contributed by atoms with Crippen LogP contribution in [0.1, 0.15) is 51.9 Å². The fourth-order valence-corrected chi connectivity index (χ4v) is 7.30. The van der Waals surface area contributed by atoms with Crippen LogP contribution >= 0.6 is 0 Å². The van der Waals surface area contributed by atoms with Crippen LogP contribution in [0.2, 0.25) is 0 Å². The normalized spacial score (nSPS) is 24.3. The number of imide groups is 1. The summed E-state index contributed by atoms with van der Waals surface area (Å²) in [4.78, 5) is 106. The van der Waals surface area contributed by atoms with Gasteiger partial charge < -0.3 is 56.4 Å². The van der Waals surface area contributed by atoms with Crippen LogP contribution in [0.5, 0.6) is 0 Å². The summed E-state index contributed by atoms with van der Waals surface area (Å²) in [5.41, 5.74) is 1.73. The first-order valence-electron chi connectivity index (χ1n) is 20.3. The van der Waals surface area contributed by atoms with Gasteiger partial charge in [-0.05, 0) is 50.8 Å². The van der Waals surface area contributed by atoms with Gasteiger partial charge in [-0.15, -0.1) is 0 Å². The maximum atomic E-state index is 13.5. The van der Waals surface area contributed by atoms with Crippen LogP contribution in [-0.4, -0.2) is 154 Å². The predicted molar refractivity (Wildman–Crippen MR) is 220 cm³/mol. The van der Waals surface area contributed by atoms with E-state index >= 15 is 0 Å². The Bertz CT molecular complexity index is 2230. The summed E-state index contributed by atoms with van der Waals surface area (Å²) in [7, 11) is 0. The molecule has 0 unspecified atom stereocenters. The van der Waals surface area contributed by atoms with Crippen molar-refractivity contribution < 1.29 is 58.4 Å². The van der Waals surface area contributed by atoms with Crippen molar-refractivity contribution in [1.29, 1.82) is 0 Å². The number of rotatable bonds is 15. The number of hydrogen-bond acceptors (Lipinski definition) is 16. The second-order valence-electron chi connectivity index (χ2n) is 15.8. The zero-order valence-corrected chi connectivity index (χ0v) is 35.1. The minimum atomic E-state index is -1.54. The van der Waals surface area contributed by atoms with Crippen LogP contribution in [0.15, 0.2) is 42.7 Å². The van der Waals surface area contributed by atoms with Gasteiger partial charge in [0.25, 0.3) is 11.8 Å². The van der Waals surface area contributed by atoms with Crippen LogP contribution in [0, 0.1) is 12.8 Å². The van der Waals surface area contributed by atoms with E-state index in [1.165, 1.54) is 13.3 Å². The fraction of sp³-hybridized carbons (Fsp3) is 0.500. The summed E-state index contributed by atoms with van der Waals surface area (Å²) < 4.78 is 11.4. The highest BCUT2D eigenvalue weighted by Crippen LogP contribution is 2.27. The lowest BCUT2D eigenvalue weighted by Crippen LogP contribution is -2.66. The molecule has 2 fully saturated rings. The molecule has 2 aromatic heterocycles. The Kier molecular flexibility index (Phi) is 14.3. The fourth-order valence-electron chi connectivity index (χ4n) is 7.30. The van der Waals surface area contributed by atoms with Crippen molar-refractivity contribution in [1.82, 2.24) is 45.7 Å². The van der Waals surface area contributed by atoms with Crippen molar-refractivity contribution in [2.45, 2.75) is 109 Å². The van der Waals surface area contributed by atoms with Crippen LogP contribution in [-0.2, 0) is 44.8 Å². The molecule has 2 saturated heterocycles. The molecule has 3 aliphatic rings. The predicted octanol–water partition coefficient (Wildman–Crippen LogP) is -1.30. The zero-order chi connectivity index (χ0) is 45.7. The highest BCUT2D eigenvalue weighted by Gasteiger charge is 2.47. The smallest absolute Gasteiger partial charge is 0.410 e. The molecule has 6 rings (SSSR count). The van der Waals surface area contributed by atoms with Gasteiger partial charge in [0.1, 0.15) is 54.6 Å². The number of likely N-dealkylation sites (tertiary alicyclic amines) is 1. The largest absolute Gasteiger partial charge is 0.445 e. The number of carbonyl (C=O) groups is 7. The number of H-pyrrole nitrogens is 1. The molecule has 9 atom stereocenters. The van der Waals surface area contributed by atoms with E-state index in [1.54, 1.807) is 52.0 Å². The molecule has 338 valence electrons. The number of carbonyl (C=O) groups excluding carboxylic acids is 7. The first-order chi connectivity index (χ1) is 29.9. The Morgan fingerprint density at radius 3 is 2.35 bits per heavy atom. The summed E-state index contributed by atoms with van der Waals surface area (Å²) in [6.07, 6.45) is -3.82. The summed E-state index contributed by atoms with van der Waals surface area (Å²) in [6, 6.07) is 1.75. The number of hydrogen-bond donors (Lipinski definition) is 9. The number of ether oxygens (including phenoxy) is 2. The van der Waals surface area contributed by atoms with Crippen molar-refractivity contribution >= 4 is 64.2 Å². The van der Waals surface area contributed by atoms with Gasteiger partial charge >= 0.3 is 6.09 Å². The Balaban J connectivity index is 0.956. The van der Waals surface area contributed by atoms with Crippen molar-refractivity contribution in [3.8, 4) is 0 Å². The average Bonchev–Trinajstić information content (AvgIpc) is 3.93. The van der Waals surface area contributed by atoms with Crippen LogP contribution < -0.4 is 26.6 Å². The second kappa shape index (κ2) is 19.7. The minimum absolute atomic E-state index is 0.00256. The zero-order valence-electron chi connectivity index (χ0n) is 35.1. The molecule has 9 N–H and O–H groups in total. The molecule has 0 radical (unpaired) electrons. The third-order valence-electron chi connectivity index (χ3n) is 10.8. The number of aromatic nitrogens is 4. The van der Waals surface area contributed by atoms with Gasteiger partial charge in [0, 0.05) is 37.3 Å². The number of benzene rings is 1. The number of aryl methyl sites for hydroxylation is 1. The van der Waals surface area contributed by atoms with Crippen molar-refractivity contribution in [3.05, 3.63) is 54.1 Å². The molecule has 63 heavy (non-hydrogen) atoms. The molecular formula is C40H51N11O12. The van der Waals surface area contributed by atoms with Crippen molar-refractivity contribution in [2.75, 3.05) is 23.7 Å². The van der Waals surface area contributed by atoms with Crippen molar-refractivity contribution in [3.63, 3.8) is 0 Å². The van der Waals surface area contributed by atoms with E-state index in [0.717, 1.165) is 22.0 Å². The SMILES string of the molecule is Cc1nc2ncnc(N[C@H]3O[C@@H](C)[C@H](NC(=O)[C@H]4[C@@H](O)CCN4C(=O)OCc4ccc(NC(=O)[C@H](C)NC(=O)[C@@H](NC(=O)CCN5C(=O)C=CC5=O)C(C)C)cc4)[C@@H](O)[C@@H]3O)c2[nH]1. The summed E-state index contributed by atoms with van der Waals surface area (Å²) in [6.45, 7) is 7.82. The Hall–Kier alpha value is -6.56. The maximum absolute atomic E-state index is 13.5. The molecule has 7 amide bonds. The molecule has 3 aliphatic heterocycles. The Labute approximate surface area is 360 Å². The number of aliphatic hydroxyl groups is 3. The molecule has 5 heterocycles. The van der Waals surface area contributed by atoms with E-state index < -0.39 is 96.3 Å². The van der Waals surface area contributed by atoms with E-state index in [-0.39, 0.29) is 44.3 Å². The monoisotopic (exact) mass is 877 g/mol. The topological polar surface area (TPSA) is 320 Å². The first kappa shape index (κ1) is 46.0. The highest BCUT2D eigenvalue weighted by atomic mass is 16.6. The summed E-state index contributed by atoms with van der Waals surface area (Å²) in [5, 5.41) is 46.2. The molecule has 0 spiro atoms. The standard InChI is InChI=1S/C40H51N11O12/c1-18(2)28(47-25(53)13-15-50-26(54)10-11-27(50)55)37(59)43-19(3)36(58)46-23-8-6-22(7-9-23)16-62-40(61)51-14-12-24(52)31(51)38(60)48-29-20(4)63-39(33(57)32(29)56)49-35-30-34(41-17-42-35)45-21(5)44-30/h6-11,17-20,24,28-29,31-33,39,52,56-57H,12-16H2,1-5H3,(H,43,59)(H,46,58)(H,47,53)(H,48,60)(H2,41,42,44,45,49)/t19-,20-,24-,28-,29-,31+,32+,33-,39-/m0/s1. The lowest BCUT2D eigenvalue weighted by Gasteiger charge is -2.42. The van der Waals surface area contributed by atoms with Gasteiger partial charge in [0.05, 0.1) is 18.2 Å². The van der Waals surface area contributed by atoms with Gasteiger partial charge in [-0.1, -0.05) is 26.0 Å². The second-order valence-corrected chi connectivity index (χ2v) is 15.8. The van der Waals surface area contributed by atoms with Gasteiger partial charge in [-0.2, -0.15) is 0 Å². The third kappa shape index (κ3) is 10.7. The number of anilines is 2. The van der Waals surface area contributed by atoms with E-state index in [4.69, 9.17) is 9.47 Å². The first-order valence-corrected chi connectivity index (χ1v) is 20.3. The van der Waals surface area contributed by atoms with Gasteiger partial charge in [0.15, 0.2) is 17.7 Å². The van der Waals surface area contributed by atoms with Gasteiger partial charge in [0.2, 0.25) is 23.6 Å². The number of nitrogens with one attached hydrogen (secondary N) is 6. The molecule has 0 aliphatic carbocycles. The lowest BCUT2D eigenvalue weighted by molar-refractivity contribution is -0.173. The molecule has 0 bridgehead atoms. The maximum Gasteiger partial charge on any atom is 0.410 e. The molecule has 23 heteroatoms. The van der Waals surface area contributed by atoms with E-state index in [9.17, 15) is 48.9 Å². The van der Waals surface area contributed by atoms with Crippen molar-refractivity contribution in [2.24, 2.45) is 5.92 Å². The van der Waals surface area contributed by atoms with Crippen LogP contribution in [0.25, 0.3) is 11.2 Å². The minimum Gasteiger partial charge on any atom is -0.445 e. The number of amides is 7. The quantitative estimate of drug-likeness (QED) is 0.0801. The van der Waals surface area contributed by atoms with Gasteiger partial charge in [-0.25, -0.2) is 19.7 Å². The number of aliphatic hydroxyl groups excluding tert-OH is 3. The number of nitrogens with zero attached hydrogens (tertiary/aromatic N) is 5. The van der Waals surface area contributed by atoms with E-state index in [0.29, 0.717) is 28.2 Å². The molecular weight excluding hydrogens is 827 g/mol. The number of fused-ring (bicyclic) bond motifs is 1. The number of imidazole rings is 1. The Morgan fingerprint density at radius 2 is 1.67 bits per heavy atom. The average molecular weight is 878 g/mol. The highest BCUT2D eigenvalue weighted by molar-refractivity contribution is 6.13.